The average molecular weight is 340 g/mol. The van der Waals surface area contributed by atoms with Crippen LogP contribution in [-0.2, 0) is 0 Å². The van der Waals surface area contributed by atoms with E-state index < -0.39 is 0 Å². The van der Waals surface area contributed by atoms with Crippen LogP contribution in [0.5, 0.6) is 5.75 Å². The van der Waals surface area contributed by atoms with Gasteiger partial charge in [0, 0.05) is 29.4 Å². The van der Waals surface area contributed by atoms with E-state index in [1.807, 2.05) is 36.4 Å². The Morgan fingerprint density at radius 1 is 1.04 bits per heavy atom. The predicted octanol–water partition coefficient (Wildman–Crippen LogP) is 4.09. The average Bonchev–Trinajstić information content (AvgIpc) is 3.04. The van der Waals surface area contributed by atoms with Gasteiger partial charge in [0.15, 0.2) is 11.0 Å². The molecule has 2 aromatic heterocycles. The first-order valence-corrected chi connectivity index (χ1v) is 8.80. The third-order valence-corrected chi connectivity index (χ3v) is 4.80. The number of rotatable bonds is 6. The Kier molecular flexibility index (Phi) is 5.15. The maximum Gasteiger partial charge on any atom is 0.196 e. The van der Waals surface area contributed by atoms with Crippen molar-refractivity contribution in [2.24, 2.45) is 5.92 Å². The van der Waals surface area contributed by atoms with Gasteiger partial charge in [-0.3, -0.25) is 9.55 Å². The summed E-state index contributed by atoms with van der Waals surface area (Å²) < 4.78 is 7.34. The summed E-state index contributed by atoms with van der Waals surface area (Å²) in [5.74, 6) is 3.22. The van der Waals surface area contributed by atoms with Crippen LogP contribution in [0, 0.1) is 5.92 Å². The van der Waals surface area contributed by atoms with Crippen LogP contribution in [0.1, 0.15) is 13.8 Å². The van der Waals surface area contributed by atoms with Crippen LogP contribution in [0.15, 0.2) is 53.9 Å². The van der Waals surface area contributed by atoms with Crippen LogP contribution in [0.2, 0.25) is 0 Å². The van der Waals surface area contributed by atoms with E-state index in [-0.39, 0.29) is 0 Å². The standard InChI is InChI=1S/C18H20N4OS/c1-13(2)12-24-18-21-20-17(14-8-10-19-11-9-14)22(18)15-4-6-16(23-3)7-5-15/h4-11,13H,12H2,1-3H3. The molecule has 0 aliphatic rings. The molecule has 0 radical (unpaired) electrons. The highest BCUT2D eigenvalue weighted by atomic mass is 32.2. The summed E-state index contributed by atoms with van der Waals surface area (Å²) >= 11 is 1.72. The van der Waals surface area contributed by atoms with E-state index in [0.717, 1.165) is 33.7 Å². The van der Waals surface area contributed by atoms with Gasteiger partial charge in [-0.05, 0) is 42.3 Å². The summed E-state index contributed by atoms with van der Waals surface area (Å²) in [5.41, 5.74) is 2.00. The molecule has 0 aliphatic carbocycles. The predicted molar refractivity (Wildman–Crippen MR) is 96.7 cm³/mol. The topological polar surface area (TPSA) is 52.8 Å². The minimum Gasteiger partial charge on any atom is -0.497 e. The second kappa shape index (κ2) is 7.49. The molecule has 2 heterocycles. The summed E-state index contributed by atoms with van der Waals surface area (Å²) in [6.07, 6.45) is 3.53. The zero-order valence-electron chi connectivity index (χ0n) is 14.0. The van der Waals surface area contributed by atoms with Gasteiger partial charge in [0.2, 0.25) is 0 Å². The van der Waals surface area contributed by atoms with Crippen molar-refractivity contribution >= 4 is 11.8 Å². The molecule has 0 saturated carbocycles. The number of methoxy groups -OCH3 is 1. The van der Waals surface area contributed by atoms with Crippen molar-refractivity contribution in [2.75, 3.05) is 12.9 Å². The Bertz CT molecular complexity index is 785. The summed E-state index contributed by atoms with van der Waals surface area (Å²) in [6, 6.07) is 11.8. The largest absolute Gasteiger partial charge is 0.497 e. The Morgan fingerprint density at radius 3 is 2.38 bits per heavy atom. The van der Waals surface area contributed by atoms with Crippen molar-refractivity contribution in [3.8, 4) is 22.8 Å². The first kappa shape index (κ1) is 16.5. The number of benzene rings is 1. The van der Waals surface area contributed by atoms with Crippen molar-refractivity contribution in [3.63, 3.8) is 0 Å². The fraction of sp³-hybridized carbons (Fsp3) is 0.278. The van der Waals surface area contributed by atoms with Gasteiger partial charge in [-0.25, -0.2) is 0 Å². The first-order valence-electron chi connectivity index (χ1n) is 7.82. The zero-order valence-corrected chi connectivity index (χ0v) is 14.8. The summed E-state index contributed by atoms with van der Waals surface area (Å²) in [6.45, 7) is 4.40. The number of ether oxygens (including phenoxy) is 1. The molecule has 0 spiro atoms. The number of thioether (sulfide) groups is 1. The van der Waals surface area contributed by atoms with E-state index in [1.165, 1.54) is 0 Å². The van der Waals surface area contributed by atoms with Crippen molar-refractivity contribution in [1.82, 2.24) is 19.7 Å². The molecule has 3 aromatic rings. The third-order valence-electron chi connectivity index (χ3n) is 3.45. The lowest BCUT2D eigenvalue weighted by molar-refractivity contribution is 0.414. The fourth-order valence-electron chi connectivity index (χ4n) is 2.26. The van der Waals surface area contributed by atoms with Crippen molar-refractivity contribution in [3.05, 3.63) is 48.8 Å². The SMILES string of the molecule is COc1ccc(-n2c(SCC(C)C)nnc2-c2ccncc2)cc1. The fourth-order valence-corrected chi connectivity index (χ4v) is 3.16. The monoisotopic (exact) mass is 340 g/mol. The number of aromatic nitrogens is 4. The van der Waals surface area contributed by atoms with E-state index in [2.05, 4.69) is 33.6 Å². The molecule has 0 aliphatic heterocycles. The van der Waals surface area contributed by atoms with Crippen LogP contribution < -0.4 is 4.74 Å². The molecule has 124 valence electrons. The number of hydrogen-bond acceptors (Lipinski definition) is 5. The Hall–Kier alpha value is -2.34. The molecule has 1 aromatic carbocycles. The Balaban J connectivity index is 2.06. The molecular weight excluding hydrogens is 320 g/mol. The third kappa shape index (κ3) is 3.59. The lowest BCUT2D eigenvalue weighted by atomic mass is 10.2. The molecule has 0 unspecified atom stereocenters. The van der Waals surface area contributed by atoms with Gasteiger partial charge in [0.1, 0.15) is 5.75 Å². The van der Waals surface area contributed by atoms with Crippen LogP contribution in [0.25, 0.3) is 17.1 Å². The molecule has 6 heteroatoms. The molecule has 0 atom stereocenters. The van der Waals surface area contributed by atoms with Crippen LogP contribution >= 0.6 is 11.8 Å². The highest BCUT2D eigenvalue weighted by molar-refractivity contribution is 7.99. The van der Waals surface area contributed by atoms with E-state index in [4.69, 9.17) is 4.74 Å². The van der Waals surface area contributed by atoms with Crippen molar-refractivity contribution in [1.29, 1.82) is 0 Å². The van der Waals surface area contributed by atoms with Gasteiger partial charge >= 0.3 is 0 Å². The maximum absolute atomic E-state index is 5.26. The molecule has 0 saturated heterocycles. The van der Waals surface area contributed by atoms with Crippen LogP contribution in [0.4, 0.5) is 0 Å². The highest BCUT2D eigenvalue weighted by Crippen LogP contribution is 2.29. The molecule has 0 N–H and O–H groups in total. The number of pyridine rings is 1. The lowest BCUT2D eigenvalue weighted by Crippen LogP contribution is -2.01. The first-order chi connectivity index (χ1) is 11.7. The quantitative estimate of drug-likeness (QED) is 0.633. The molecule has 0 fully saturated rings. The maximum atomic E-state index is 5.26. The minimum atomic E-state index is 0.584. The van der Waals surface area contributed by atoms with Gasteiger partial charge in [-0.2, -0.15) is 0 Å². The molecule has 24 heavy (non-hydrogen) atoms. The van der Waals surface area contributed by atoms with E-state index in [1.54, 1.807) is 31.3 Å². The lowest BCUT2D eigenvalue weighted by Gasteiger charge is -2.11. The second-order valence-corrected chi connectivity index (χ2v) is 6.77. The van der Waals surface area contributed by atoms with Crippen LogP contribution in [-0.4, -0.2) is 32.6 Å². The Labute approximate surface area is 146 Å². The molecule has 3 rings (SSSR count). The summed E-state index contributed by atoms with van der Waals surface area (Å²) in [7, 11) is 1.67. The smallest absolute Gasteiger partial charge is 0.196 e. The second-order valence-electron chi connectivity index (χ2n) is 5.78. The summed E-state index contributed by atoms with van der Waals surface area (Å²) in [5, 5.41) is 9.71. The van der Waals surface area contributed by atoms with E-state index >= 15 is 0 Å². The van der Waals surface area contributed by atoms with E-state index in [0.29, 0.717) is 5.92 Å². The molecule has 0 amide bonds. The van der Waals surface area contributed by atoms with Gasteiger partial charge in [-0.1, -0.05) is 25.6 Å². The van der Waals surface area contributed by atoms with Gasteiger partial charge in [0.25, 0.3) is 0 Å². The molecule has 0 bridgehead atoms. The van der Waals surface area contributed by atoms with Crippen molar-refractivity contribution in [2.45, 2.75) is 19.0 Å². The molecular formula is C18H20N4OS. The Morgan fingerprint density at radius 2 is 1.75 bits per heavy atom. The van der Waals surface area contributed by atoms with Gasteiger partial charge in [-0.15, -0.1) is 10.2 Å². The minimum absolute atomic E-state index is 0.584. The van der Waals surface area contributed by atoms with Gasteiger partial charge in [0.05, 0.1) is 7.11 Å². The highest BCUT2D eigenvalue weighted by Gasteiger charge is 2.16. The van der Waals surface area contributed by atoms with E-state index in [9.17, 15) is 0 Å². The number of nitrogens with zero attached hydrogens (tertiary/aromatic N) is 4. The van der Waals surface area contributed by atoms with Crippen molar-refractivity contribution < 1.29 is 4.74 Å². The number of hydrogen-bond donors (Lipinski definition) is 0. The molecule has 5 nitrogen and oxygen atoms in total. The summed E-state index contributed by atoms with van der Waals surface area (Å²) in [4.78, 5) is 4.08. The van der Waals surface area contributed by atoms with Crippen LogP contribution in [0.3, 0.4) is 0 Å². The normalized spacial score (nSPS) is 11.0. The van der Waals surface area contributed by atoms with Gasteiger partial charge < -0.3 is 4.74 Å². The zero-order chi connectivity index (χ0) is 16.9.